The normalized spacial score (nSPS) is 18.3. The topological polar surface area (TPSA) is 118 Å². The Kier molecular flexibility index (Phi) is 4.04. The van der Waals surface area contributed by atoms with Gasteiger partial charge < -0.3 is 9.73 Å². The molecule has 20 heavy (non-hydrogen) atoms. The molecule has 0 bridgehead atoms. The number of hydrogen-bond acceptors (Lipinski definition) is 5. The van der Waals surface area contributed by atoms with Crippen molar-refractivity contribution in [1.82, 2.24) is 15.6 Å². The second-order valence-electron chi connectivity index (χ2n) is 4.45. The number of amides is 4. The van der Waals surface area contributed by atoms with E-state index < -0.39 is 18.0 Å². The molecule has 0 aromatic carbocycles. The number of nitrogen functional groups attached to an aromatic ring is 1. The lowest BCUT2D eigenvalue weighted by atomic mass is 10.2. The summed E-state index contributed by atoms with van der Waals surface area (Å²) in [4.78, 5) is 36.0. The fraction of sp³-hybridized carbons (Fsp3) is 0.417. The molecule has 2 heterocycles. The van der Waals surface area contributed by atoms with Crippen molar-refractivity contribution in [3.05, 3.63) is 23.7 Å². The minimum Gasteiger partial charge on any atom is -0.454 e. The minimum absolute atomic E-state index is 0.0112. The molecule has 4 N–H and O–H groups in total. The van der Waals surface area contributed by atoms with E-state index in [1.165, 1.54) is 12.1 Å². The fourth-order valence-corrected chi connectivity index (χ4v) is 2.02. The second kappa shape index (κ2) is 5.74. The summed E-state index contributed by atoms with van der Waals surface area (Å²) in [5.74, 6) is 4.50. The molecule has 0 aliphatic carbocycles. The van der Waals surface area contributed by atoms with Gasteiger partial charge in [-0.3, -0.25) is 19.9 Å². The van der Waals surface area contributed by atoms with Crippen molar-refractivity contribution in [3.63, 3.8) is 0 Å². The van der Waals surface area contributed by atoms with E-state index in [1.807, 2.05) is 12.3 Å². The highest BCUT2D eigenvalue weighted by Crippen LogP contribution is 2.16. The molecule has 1 aliphatic heterocycles. The molecule has 1 fully saturated rings. The van der Waals surface area contributed by atoms with Gasteiger partial charge in [-0.1, -0.05) is 13.3 Å². The van der Waals surface area contributed by atoms with Crippen LogP contribution in [0.2, 0.25) is 0 Å². The summed E-state index contributed by atoms with van der Waals surface area (Å²) in [7, 11) is 0. The molecule has 1 saturated heterocycles. The molecule has 8 nitrogen and oxygen atoms in total. The first kappa shape index (κ1) is 14.1. The summed E-state index contributed by atoms with van der Waals surface area (Å²) in [6.45, 7) is 1.93. The first-order valence-corrected chi connectivity index (χ1v) is 6.28. The van der Waals surface area contributed by atoms with Gasteiger partial charge in [-0.05, 0) is 18.6 Å². The maximum Gasteiger partial charge on any atom is 0.325 e. The Morgan fingerprint density at radius 1 is 1.50 bits per heavy atom. The quantitative estimate of drug-likeness (QED) is 0.306. The Morgan fingerprint density at radius 3 is 2.90 bits per heavy atom. The Labute approximate surface area is 115 Å². The minimum atomic E-state index is -0.572. The predicted octanol–water partition coefficient (Wildman–Crippen LogP) is 0.104. The standard InChI is InChI=1S/C12H16N4O4/c1-2-3-8-11(18)16(12(19)14-8)6-7-4-5-9(20-7)10(17)15-13/h4-5,8H,2-3,6,13H2,1H3,(H,14,19)(H,15,17). The predicted molar refractivity (Wildman–Crippen MR) is 68.1 cm³/mol. The number of furan rings is 1. The highest BCUT2D eigenvalue weighted by Gasteiger charge is 2.37. The first-order valence-electron chi connectivity index (χ1n) is 6.28. The zero-order valence-electron chi connectivity index (χ0n) is 11.0. The van der Waals surface area contributed by atoms with Gasteiger partial charge in [-0.2, -0.15) is 0 Å². The van der Waals surface area contributed by atoms with Gasteiger partial charge in [0.25, 0.3) is 5.91 Å². The van der Waals surface area contributed by atoms with E-state index in [-0.39, 0.29) is 18.2 Å². The molecule has 1 aliphatic rings. The third kappa shape index (κ3) is 2.64. The zero-order chi connectivity index (χ0) is 14.7. The monoisotopic (exact) mass is 280 g/mol. The van der Waals surface area contributed by atoms with Crippen LogP contribution in [0.3, 0.4) is 0 Å². The molecule has 4 amide bonds. The average molecular weight is 280 g/mol. The third-order valence-electron chi connectivity index (χ3n) is 3.01. The number of carbonyl (C=O) groups excluding carboxylic acids is 3. The zero-order valence-corrected chi connectivity index (χ0v) is 11.0. The van der Waals surface area contributed by atoms with E-state index in [1.54, 1.807) is 0 Å². The number of hydrazine groups is 1. The molecule has 1 unspecified atom stereocenters. The number of nitrogens with zero attached hydrogens (tertiary/aromatic N) is 1. The Hall–Kier alpha value is -2.35. The lowest BCUT2D eigenvalue weighted by Crippen LogP contribution is -2.31. The number of nitrogens with two attached hydrogens (primary N) is 1. The van der Waals surface area contributed by atoms with E-state index in [0.717, 1.165) is 11.3 Å². The van der Waals surface area contributed by atoms with E-state index >= 15 is 0 Å². The smallest absolute Gasteiger partial charge is 0.325 e. The maximum atomic E-state index is 12.0. The van der Waals surface area contributed by atoms with Crippen LogP contribution in [-0.2, 0) is 11.3 Å². The van der Waals surface area contributed by atoms with Crippen LogP contribution in [-0.4, -0.2) is 28.8 Å². The van der Waals surface area contributed by atoms with Gasteiger partial charge in [-0.15, -0.1) is 0 Å². The van der Waals surface area contributed by atoms with Gasteiger partial charge in [0.05, 0.1) is 6.54 Å². The highest BCUT2D eigenvalue weighted by atomic mass is 16.4. The maximum absolute atomic E-state index is 12.0. The van der Waals surface area contributed by atoms with Crippen molar-refractivity contribution in [2.24, 2.45) is 5.84 Å². The molecular formula is C12H16N4O4. The van der Waals surface area contributed by atoms with Crippen LogP contribution in [0.4, 0.5) is 4.79 Å². The number of carbonyl (C=O) groups is 3. The van der Waals surface area contributed by atoms with Crippen LogP contribution in [0.25, 0.3) is 0 Å². The average Bonchev–Trinajstić information content (AvgIpc) is 2.99. The van der Waals surface area contributed by atoms with Gasteiger partial charge in [0, 0.05) is 0 Å². The summed E-state index contributed by atoms with van der Waals surface area (Å²) in [6, 6.07) is 2.03. The Morgan fingerprint density at radius 2 is 2.25 bits per heavy atom. The van der Waals surface area contributed by atoms with E-state index in [9.17, 15) is 14.4 Å². The number of hydrogen-bond donors (Lipinski definition) is 3. The van der Waals surface area contributed by atoms with Gasteiger partial charge in [0.15, 0.2) is 5.76 Å². The molecule has 0 radical (unpaired) electrons. The van der Waals surface area contributed by atoms with Crippen molar-refractivity contribution in [3.8, 4) is 0 Å². The summed E-state index contributed by atoms with van der Waals surface area (Å²) in [5, 5.41) is 2.61. The molecule has 1 aromatic heterocycles. The van der Waals surface area contributed by atoms with Crippen LogP contribution in [0, 0.1) is 0 Å². The van der Waals surface area contributed by atoms with Crippen molar-refractivity contribution >= 4 is 17.8 Å². The van der Waals surface area contributed by atoms with Crippen molar-refractivity contribution < 1.29 is 18.8 Å². The number of nitrogens with one attached hydrogen (secondary N) is 2. The molecule has 108 valence electrons. The molecular weight excluding hydrogens is 264 g/mol. The molecule has 1 atom stereocenters. The van der Waals surface area contributed by atoms with Crippen LogP contribution in [0.1, 0.15) is 36.1 Å². The van der Waals surface area contributed by atoms with Gasteiger partial charge in [0.2, 0.25) is 0 Å². The van der Waals surface area contributed by atoms with Crippen LogP contribution in [0.15, 0.2) is 16.5 Å². The van der Waals surface area contributed by atoms with Crippen LogP contribution in [0.5, 0.6) is 0 Å². The van der Waals surface area contributed by atoms with E-state index in [4.69, 9.17) is 10.3 Å². The number of imide groups is 1. The van der Waals surface area contributed by atoms with Gasteiger partial charge >= 0.3 is 11.9 Å². The van der Waals surface area contributed by atoms with E-state index in [0.29, 0.717) is 12.2 Å². The van der Waals surface area contributed by atoms with Crippen LogP contribution < -0.4 is 16.6 Å². The van der Waals surface area contributed by atoms with E-state index in [2.05, 4.69) is 5.32 Å². The summed E-state index contributed by atoms with van der Waals surface area (Å²) in [5.41, 5.74) is 1.94. The summed E-state index contributed by atoms with van der Waals surface area (Å²) in [6.07, 6.45) is 1.39. The Balaban J connectivity index is 2.06. The number of urea groups is 1. The lowest BCUT2D eigenvalue weighted by molar-refractivity contribution is -0.128. The van der Waals surface area contributed by atoms with Gasteiger partial charge in [0.1, 0.15) is 11.8 Å². The number of rotatable bonds is 5. The molecule has 8 heteroatoms. The highest BCUT2D eigenvalue weighted by molar-refractivity contribution is 6.04. The summed E-state index contributed by atoms with van der Waals surface area (Å²) < 4.78 is 5.22. The van der Waals surface area contributed by atoms with Crippen molar-refractivity contribution in [1.29, 1.82) is 0 Å². The summed E-state index contributed by atoms with van der Waals surface area (Å²) >= 11 is 0. The van der Waals surface area contributed by atoms with Crippen LogP contribution >= 0.6 is 0 Å². The Bertz CT molecular complexity index is 539. The SMILES string of the molecule is CCCC1NC(=O)N(Cc2ccc(C(=O)NN)o2)C1=O. The molecule has 1 aromatic rings. The van der Waals surface area contributed by atoms with Gasteiger partial charge in [-0.25, -0.2) is 10.6 Å². The fourth-order valence-electron chi connectivity index (χ4n) is 2.02. The van der Waals surface area contributed by atoms with Crippen molar-refractivity contribution in [2.45, 2.75) is 32.4 Å². The largest absolute Gasteiger partial charge is 0.454 e. The first-order chi connectivity index (χ1) is 9.56. The lowest BCUT2D eigenvalue weighted by Gasteiger charge is -2.10. The van der Waals surface area contributed by atoms with Crippen molar-refractivity contribution in [2.75, 3.05) is 0 Å². The second-order valence-corrected chi connectivity index (χ2v) is 4.45. The third-order valence-corrected chi connectivity index (χ3v) is 3.01. The molecule has 2 rings (SSSR count). The molecule has 0 saturated carbocycles. The molecule has 0 spiro atoms.